The summed E-state index contributed by atoms with van der Waals surface area (Å²) < 4.78 is 5.37. The van der Waals surface area contributed by atoms with Crippen LogP contribution in [0.15, 0.2) is 24.3 Å². The molecule has 4 nitrogen and oxygen atoms in total. The maximum atomic E-state index is 11.1. The molecule has 0 fully saturated rings. The molecule has 5 heteroatoms. The topological polar surface area (TPSA) is 59.4 Å². The normalized spacial score (nSPS) is 9.71. The van der Waals surface area contributed by atoms with E-state index in [1.165, 1.54) is 11.3 Å². The number of carbonyl (C=O) groups is 1. The smallest absolute Gasteiger partial charge is 0.347 e. The van der Waals surface area contributed by atoms with Crippen molar-refractivity contribution in [1.29, 1.82) is 0 Å². The Hall–Kier alpha value is -1.88. The number of carboxylic acids is 1. The van der Waals surface area contributed by atoms with Crippen LogP contribution in [-0.4, -0.2) is 22.7 Å². The Morgan fingerprint density at radius 3 is 2.43 bits per heavy atom. The Morgan fingerprint density at radius 2 is 1.90 bits per heavy atom. The second-order valence-corrected chi connectivity index (χ2v) is 5.27. The van der Waals surface area contributed by atoms with E-state index in [9.17, 15) is 4.79 Å². The summed E-state index contributed by atoms with van der Waals surface area (Å²) >= 11 is 1.22. The van der Waals surface area contributed by atoms with E-state index in [2.05, 4.69) is 4.98 Å². The molecule has 0 spiro atoms. The van der Waals surface area contributed by atoms with Crippen LogP contribution in [0.1, 0.15) is 46.7 Å². The number of nitrogens with zero attached hydrogens (tertiary/aromatic N) is 1. The van der Waals surface area contributed by atoms with Crippen LogP contribution in [0.4, 0.5) is 0 Å². The number of hydrogen-bond acceptors (Lipinski definition) is 4. The Labute approximate surface area is 129 Å². The number of carboxylic acid groups (broad SMARTS) is 1. The van der Waals surface area contributed by atoms with E-state index < -0.39 is 5.97 Å². The molecule has 1 aromatic heterocycles. The largest absolute Gasteiger partial charge is 0.494 e. The first-order chi connectivity index (χ1) is 10.1. The second kappa shape index (κ2) is 8.42. The molecule has 0 aliphatic rings. The van der Waals surface area contributed by atoms with Crippen molar-refractivity contribution >= 4 is 17.3 Å². The second-order valence-electron chi connectivity index (χ2n) is 4.07. The molecule has 0 amide bonds. The van der Waals surface area contributed by atoms with Crippen molar-refractivity contribution in [2.75, 3.05) is 6.61 Å². The molecule has 0 aliphatic carbocycles. The number of hydrogen-bond donors (Lipinski definition) is 1. The number of benzene rings is 1. The molecule has 0 atom stereocenters. The van der Waals surface area contributed by atoms with Crippen LogP contribution in [0.25, 0.3) is 0 Å². The SMILES string of the molecule is CC.CCOc1ccc(Cc2nc(C)sc2C(=O)O)cc1. The Kier molecular flexibility index (Phi) is 6.88. The van der Waals surface area contributed by atoms with Crippen LogP contribution < -0.4 is 4.74 Å². The average molecular weight is 307 g/mol. The molecule has 21 heavy (non-hydrogen) atoms. The van der Waals surface area contributed by atoms with Gasteiger partial charge in [0.25, 0.3) is 0 Å². The van der Waals surface area contributed by atoms with E-state index in [0.717, 1.165) is 16.3 Å². The van der Waals surface area contributed by atoms with Crippen LogP contribution >= 0.6 is 11.3 Å². The van der Waals surface area contributed by atoms with Crippen molar-refractivity contribution in [3.8, 4) is 5.75 Å². The van der Waals surface area contributed by atoms with Gasteiger partial charge in [-0.25, -0.2) is 9.78 Å². The lowest BCUT2D eigenvalue weighted by atomic mass is 10.1. The average Bonchev–Trinajstić information content (AvgIpc) is 2.84. The third-order valence-electron chi connectivity index (χ3n) is 2.60. The predicted octanol–water partition coefficient (Wildman–Crippen LogP) is 4.17. The van der Waals surface area contributed by atoms with Crippen LogP contribution in [-0.2, 0) is 6.42 Å². The van der Waals surface area contributed by atoms with Gasteiger partial charge in [-0.15, -0.1) is 11.3 Å². The molecule has 0 saturated heterocycles. The molecule has 2 aromatic rings. The van der Waals surface area contributed by atoms with Gasteiger partial charge in [-0.1, -0.05) is 26.0 Å². The molecule has 1 heterocycles. The van der Waals surface area contributed by atoms with Gasteiger partial charge in [0.15, 0.2) is 0 Å². The van der Waals surface area contributed by atoms with E-state index in [-0.39, 0.29) is 0 Å². The minimum absolute atomic E-state index is 0.325. The van der Waals surface area contributed by atoms with Crippen molar-refractivity contribution < 1.29 is 14.6 Å². The number of ether oxygens (including phenoxy) is 1. The molecule has 0 radical (unpaired) electrons. The molecular weight excluding hydrogens is 286 g/mol. The fraction of sp³-hybridized carbons (Fsp3) is 0.375. The maximum absolute atomic E-state index is 11.1. The predicted molar refractivity (Wildman–Crippen MR) is 85.6 cm³/mol. The van der Waals surface area contributed by atoms with Gasteiger partial charge in [0.1, 0.15) is 10.6 Å². The molecule has 114 valence electrons. The summed E-state index contributed by atoms with van der Waals surface area (Å²) in [4.78, 5) is 15.7. The summed E-state index contributed by atoms with van der Waals surface area (Å²) in [6.45, 7) is 8.39. The molecular formula is C16H21NO3S. The zero-order valence-electron chi connectivity index (χ0n) is 12.8. The first-order valence-electron chi connectivity index (χ1n) is 7.01. The van der Waals surface area contributed by atoms with E-state index in [4.69, 9.17) is 9.84 Å². The third kappa shape index (κ3) is 4.86. The number of thiazole rings is 1. The summed E-state index contributed by atoms with van der Waals surface area (Å²) in [6, 6.07) is 7.65. The Balaban J connectivity index is 0.00000106. The van der Waals surface area contributed by atoms with Gasteiger partial charge in [0.2, 0.25) is 0 Å². The van der Waals surface area contributed by atoms with Gasteiger partial charge in [-0.05, 0) is 31.5 Å². The number of aromatic nitrogens is 1. The summed E-state index contributed by atoms with van der Waals surface area (Å²) in [5, 5.41) is 9.90. The Morgan fingerprint density at radius 1 is 1.29 bits per heavy atom. The van der Waals surface area contributed by atoms with Crippen molar-refractivity contribution in [3.63, 3.8) is 0 Å². The van der Waals surface area contributed by atoms with Crippen LogP contribution in [0.3, 0.4) is 0 Å². The zero-order chi connectivity index (χ0) is 15.8. The van der Waals surface area contributed by atoms with Gasteiger partial charge in [0.05, 0.1) is 17.3 Å². The summed E-state index contributed by atoms with van der Waals surface area (Å²) in [5.74, 6) is -0.0919. The fourth-order valence-electron chi connectivity index (χ4n) is 1.82. The van der Waals surface area contributed by atoms with Gasteiger partial charge >= 0.3 is 5.97 Å². The number of aromatic carboxylic acids is 1. The highest BCUT2D eigenvalue weighted by molar-refractivity contribution is 7.13. The molecule has 0 bridgehead atoms. The fourth-order valence-corrected chi connectivity index (χ4v) is 2.59. The van der Waals surface area contributed by atoms with E-state index in [1.807, 2.05) is 52.0 Å². The van der Waals surface area contributed by atoms with E-state index in [1.54, 1.807) is 0 Å². The summed E-state index contributed by atoms with van der Waals surface area (Å²) in [7, 11) is 0. The van der Waals surface area contributed by atoms with Crippen molar-refractivity contribution in [1.82, 2.24) is 4.98 Å². The van der Waals surface area contributed by atoms with Crippen LogP contribution in [0.2, 0.25) is 0 Å². The highest BCUT2D eigenvalue weighted by atomic mass is 32.1. The molecule has 0 saturated carbocycles. The standard InChI is InChI=1S/C14H15NO3S.C2H6/c1-3-18-11-6-4-10(5-7-11)8-12-13(14(16)17)19-9(2)15-12;1-2/h4-7H,3,8H2,1-2H3,(H,16,17);1-2H3. The molecule has 1 aromatic carbocycles. The summed E-state index contributed by atoms with van der Waals surface area (Å²) in [5.41, 5.74) is 1.65. The van der Waals surface area contributed by atoms with Crippen LogP contribution in [0, 0.1) is 6.92 Å². The third-order valence-corrected chi connectivity index (χ3v) is 3.61. The lowest BCUT2D eigenvalue weighted by Gasteiger charge is -2.04. The summed E-state index contributed by atoms with van der Waals surface area (Å²) in [6.07, 6.45) is 0.526. The van der Waals surface area contributed by atoms with E-state index >= 15 is 0 Å². The highest BCUT2D eigenvalue weighted by Gasteiger charge is 2.15. The van der Waals surface area contributed by atoms with Crippen molar-refractivity contribution in [2.24, 2.45) is 0 Å². The van der Waals surface area contributed by atoms with Gasteiger partial charge < -0.3 is 9.84 Å². The minimum Gasteiger partial charge on any atom is -0.494 e. The van der Waals surface area contributed by atoms with Crippen molar-refractivity contribution in [2.45, 2.75) is 34.1 Å². The first kappa shape index (κ1) is 17.2. The first-order valence-corrected chi connectivity index (χ1v) is 7.83. The van der Waals surface area contributed by atoms with Crippen molar-refractivity contribution in [3.05, 3.63) is 45.4 Å². The molecule has 0 aliphatic heterocycles. The number of aryl methyl sites for hydroxylation is 1. The Bertz CT molecular complexity index is 576. The van der Waals surface area contributed by atoms with Gasteiger partial charge in [0, 0.05) is 6.42 Å². The molecule has 1 N–H and O–H groups in total. The zero-order valence-corrected chi connectivity index (χ0v) is 13.7. The minimum atomic E-state index is -0.911. The monoisotopic (exact) mass is 307 g/mol. The van der Waals surface area contributed by atoms with Gasteiger partial charge in [-0.2, -0.15) is 0 Å². The van der Waals surface area contributed by atoms with E-state index in [0.29, 0.717) is 23.6 Å². The van der Waals surface area contributed by atoms with Crippen LogP contribution in [0.5, 0.6) is 5.75 Å². The molecule has 2 rings (SSSR count). The van der Waals surface area contributed by atoms with Gasteiger partial charge in [-0.3, -0.25) is 0 Å². The lowest BCUT2D eigenvalue weighted by molar-refractivity contribution is 0.0701. The molecule has 0 unspecified atom stereocenters. The number of rotatable bonds is 5. The quantitative estimate of drug-likeness (QED) is 0.901. The highest BCUT2D eigenvalue weighted by Crippen LogP contribution is 2.22. The maximum Gasteiger partial charge on any atom is 0.347 e. The lowest BCUT2D eigenvalue weighted by Crippen LogP contribution is -2.00.